The van der Waals surface area contributed by atoms with Crippen molar-refractivity contribution in [3.05, 3.63) is 59.2 Å². The van der Waals surface area contributed by atoms with Crippen molar-refractivity contribution in [2.24, 2.45) is 0 Å². The van der Waals surface area contributed by atoms with E-state index in [2.05, 4.69) is 5.32 Å². The summed E-state index contributed by atoms with van der Waals surface area (Å²) in [6, 6.07) is 11.3. The molecule has 0 saturated heterocycles. The van der Waals surface area contributed by atoms with Crippen LogP contribution in [0.15, 0.2) is 42.5 Å². The SMILES string of the molecule is O=C(NCc1ccc(CCl)cc1)c1cc(O)cc(O)c1. The van der Waals surface area contributed by atoms with Crippen molar-refractivity contribution in [2.45, 2.75) is 12.4 Å². The van der Waals surface area contributed by atoms with Gasteiger partial charge in [-0.05, 0) is 23.3 Å². The van der Waals surface area contributed by atoms with E-state index in [1.54, 1.807) is 0 Å². The first-order valence-corrected chi connectivity index (χ1v) is 6.57. The second-order valence-corrected chi connectivity index (χ2v) is 4.64. The molecular weight excluding hydrogens is 278 g/mol. The lowest BCUT2D eigenvalue weighted by atomic mass is 10.1. The van der Waals surface area contributed by atoms with Gasteiger partial charge in [0.25, 0.3) is 5.91 Å². The highest BCUT2D eigenvalue weighted by Gasteiger charge is 2.08. The van der Waals surface area contributed by atoms with E-state index in [1.807, 2.05) is 24.3 Å². The van der Waals surface area contributed by atoms with Crippen LogP contribution in [0, 0.1) is 0 Å². The summed E-state index contributed by atoms with van der Waals surface area (Å²) in [6.45, 7) is 0.359. The third kappa shape index (κ3) is 3.65. The molecule has 0 aliphatic carbocycles. The molecule has 20 heavy (non-hydrogen) atoms. The van der Waals surface area contributed by atoms with Crippen molar-refractivity contribution in [3.63, 3.8) is 0 Å². The number of alkyl halides is 1. The maximum Gasteiger partial charge on any atom is 0.251 e. The van der Waals surface area contributed by atoms with Crippen molar-refractivity contribution in [2.75, 3.05) is 0 Å². The van der Waals surface area contributed by atoms with Gasteiger partial charge in [0.1, 0.15) is 11.5 Å². The number of carbonyl (C=O) groups is 1. The molecule has 0 heterocycles. The number of hydrogen-bond donors (Lipinski definition) is 3. The third-order valence-electron chi connectivity index (χ3n) is 2.80. The molecule has 0 fully saturated rings. The smallest absolute Gasteiger partial charge is 0.251 e. The Morgan fingerprint density at radius 1 is 1.00 bits per heavy atom. The van der Waals surface area contributed by atoms with Gasteiger partial charge in [-0.3, -0.25) is 4.79 Å². The Bertz CT molecular complexity index is 591. The van der Waals surface area contributed by atoms with E-state index in [-0.39, 0.29) is 23.0 Å². The molecule has 104 valence electrons. The van der Waals surface area contributed by atoms with Crippen molar-refractivity contribution in [1.29, 1.82) is 0 Å². The van der Waals surface area contributed by atoms with Crippen LogP contribution in [0.25, 0.3) is 0 Å². The number of aromatic hydroxyl groups is 2. The minimum absolute atomic E-state index is 0.151. The highest BCUT2D eigenvalue weighted by Crippen LogP contribution is 2.20. The summed E-state index contributed by atoms with van der Waals surface area (Å²) < 4.78 is 0. The van der Waals surface area contributed by atoms with Gasteiger partial charge in [-0.25, -0.2) is 0 Å². The van der Waals surface area contributed by atoms with E-state index < -0.39 is 0 Å². The monoisotopic (exact) mass is 291 g/mol. The fourth-order valence-electron chi connectivity index (χ4n) is 1.76. The molecule has 0 bridgehead atoms. The first-order valence-electron chi connectivity index (χ1n) is 6.03. The molecular formula is C15H14ClNO3. The number of hydrogen-bond acceptors (Lipinski definition) is 3. The van der Waals surface area contributed by atoms with Crippen LogP contribution in [0.1, 0.15) is 21.5 Å². The Morgan fingerprint density at radius 2 is 1.55 bits per heavy atom. The number of benzene rings is 2. The van der Waals surface area contributed by atoms with Crippen molar-refractivity contribution >= 4 is 17.5 Å². The summed E-state index contributed by atoms with van der Waals surface area (Å²) in [7, 11) is 0. The van der Waals surface area contributed by atoms with Crippen LogP contribution in [0.2, 0.25) is 0 Å². The van der Waals surface area contributed by atoms with Crippen LogP contribution in [0.3, 0.4) is 0 Å². The predicted octanol–water partition coefficient (Wildman–Crippen LogP) is 2.77. The number of nitrogens with one attached hydrogen (secondary N) is 1. The fraction of sp³-hybridized carbons (Fsp3) is 0.133. The summed E-state index contributed by atoms with van der Waals surface area (Å²) in [5, 5.41) is 21.4. The second-order valence-electron chi connectivity index (χ2n) is 4.37. The minimum atomic E-state index is -0.363. The maximum absolute atomic E-state index is 11.9. The van der Waals surface area contributed by atoms with Crippen LogP contribution in [-0.2, 0) is 12.4 Å². The van der Waals surface area contributed by atoms with Crippen LogP contribution in [-0.4, -0.2) is 16.1 Å². The van der Waals surface area contributed by atoms with Gasteiger partial charge in [0.15, 0.2) is 0 Å². The minimum Gasteiger partial charge on any atom is -0.508 e. The molecule has 0 aliphatic rings. The first-order chi connectivity index (χ1) is 9.58. The third-order valence-corrected chi connectivity index (χ3v) is 3.10. The largest absolute Gasteiger partial charge is 0.508 e. The summed E-state index contributed by atoms with van der Waals surface area (Å²) in [6.07, 6.45) is 0. The molecule has 0 aliphatic heterocycles. The molecule has 2 rings (SSSR count). The van der Waals surface area contributed by atoms with Gasteiger partial charge in [0.05, 0.1) is 0 Å². The summed E-state index contributed by atoms with van der Waals surface area (Å²) in [5.41, 5.74) is 2.16. The van der Waals surface area contributed by atoms with Crippen LogP contribution < -0.4 is 5.32 Å². The van der Waals surface area contributed by atoms with Gasteiger partial charge in [0, 0.05) is 24.1 Å². The second kappa shape index (κ2) is 6.30. The zero-order valence-electron chi connectivity index (χ0n) is 10.6. The van der Waals surface area contributed by atoms with Gasteiger partial charge in [0.2, 0.25) is 0 Å². The average Bonchev–Trinajstić information content (AvgIpc) is 2.44. The van der Waals surface area contributed by atoms with Crippen molar-refractivity contribution in [3.8, 4) is 11.5 Å². The van der Waals surface area contributed by atoms with Crippen molar-refractivity contribution in [1.82, 2.24) is 5.32 Å². The molecule has 2 aromatic rings. The fourth-order valence-corrected chi connectivity index (χ4v) is 1.94. The highest BCUT2D eigenvalue weighted by atomic mass is 35.5. The normalized spacial score (nSPS) is 10.2. The molecule has 0 radical (unpaired) electrons. The Labute approximate surface area is 121 Å². The van der Waals surface area contributed by atoms with E-state index in [0.29, 0.717) is 12.4 Å². The van der Waals surface area contributed by atoms with E-state index in [4.69, 9.17) is 11.6 Å². The molecule has 5 heteroatoms. The number of amides is 1. The van der Waals surface area contributed by atoms with Gasteiger partial charge in [-0.15, -0.1) is 11.6 Å². The standard InChI is InChI=1S/C15H14ClNO3/c16-8-10-1-3-11(4-2-10)9-17-15(20)12-5-13(18)7-14(19)6-12/h1-7,18-19H,8-9H2,(H,17,20). The van der Waals surface area contributed by atoms with Gasteiger partial charge in [-0.1, -0.05) is 24.3 Å². The van der Waals surface area contributed by atoms with Crippen LogP contribution >= 0.6 is 11.6 Å². The summed E-state index contributed by atoms with van der Waals surface area (Å²) in [5.74, 6) is -0.212. The number of halogens is 1. The predicted molar refractivity (Wildman–Crippen MR) is 76.9 cm³/mol. The molecule has 0 spiro atoms. The lowest BCUT2D eigenvalue weighted by molar-refractivity contribution is 0.0950. The number of phenols is 2. The number of rotatable bonds is 4. The lowest BCUT2D eigenvalue weighted by Gasteiger charge is -2.07. The lowest BCUT2D eigenvalue weighted by Crippen LogP contribution is -2.22. The van der Waals surface area contributed by atoms with Crippen LogP contribution in [0.5, 0.6) is 11.5 Å². The zero-order chi connectivity index (χ0) is 14.5. The molecule has 4 nitrogen and oxygen atoms in total. The molecule has 0 saturated carbocycles. The highest BCUT2D eigenvalue weighted by molar-refractivity contribution is 6.17. The summed E-state index contributed by atoms with van der Waals surface area (Å²) >= 11 is 5.70. The Morgan fingerprint density at radius 3 is 2.10 bits per heavy atom. The van der Waals surface area contributed by atoms with E-state index >= 15 is 0 Å². The molecule has 1 amide bonds. The Balaban J connectivity index is 2.00. The topological polar surface area (TPSA) is 69.6 Å². The molecule has 0 aromatic heterocycles. The number of carbonyl (C=O) groups excluding carboxylic acids is 1. The van der Waals surface area contributed by atoms with Gasteiger partial charge < -0.3 is 15.5 Å². The van der Waals surface area contributed by atoms with Crippen LogP contribution in [0.4, 0.5) is 0 Å². The number of phenolic OH excluding ortho intramolecular Hbond substituents is 2. The van der Waals surface area contributed by atoms with Gasteiger partial charge in [-0.2, -0.15) is 0 Å². The van der Waals surface area contributed by atoms with E-state index in [0.717, 1.165) is 11.1 Å². The van der Waals surface area contributed by atoms with E-state index in [1.165, 1.54) is 18.2 Å². The maximum atomic E-state index is 11.9. The Kier molecular flexibility index (Phi) is 4.48. The first kappa shape index (κ1) is 14.2. The molecule has 3 N–H and O–H groups in total. The molecule has 0 atom stereocenters. The molecule has 0 unspecified atom stereocenters. The van der Waals surface area contributed by atoms with E-state index in [9.17, 15) is 15.0 Å². The average molecular weight is 292 g/mol. The Hall–Kier alpha value is -2.20. The molecule has 2 aromatic carbocycles. The quantitative estimate of drug-likeness (QED) is 0.759. The zero-order valence-corrected chi connectivity index (χ0v) is 11.4. The summed E-state index contributed by atoms with van der Waals surface area (Å²) in [4.78, 5) is 11.9. The van der Waals surface area contributed by atoms with Gasteiger partial charge >= 0.3 is 0 Å². The van der Waals surface area contributed by atoms with Crippen molar-refractivity contribution < 1.29 is 15.0 Å².